The van der Waals surface area contributed by atoms with Gasteiger partial charge in [0.1, 0.15) is 5.69 Å². The number of thiazole rings is 1. The molecule has 34 heavy (non-hydrogen) atoms. The van der Waals surface area contributed by atoms with Gasteiger partial charge in [-0.25, -0.2) is 9.37 Å². The highest BCUT2D eigenvalue weighted by molar-refractivity contribution is 7.13. The fraction of sp³-hybridized carbons (Fsp3) is 0.583. The van der Waals surface area contributed by atoms with Crippen LogP contribution in [0.2, 0.25) is 17.6 Å². The van der Waals surface area contributed by atoms with Crippen molar-refractivity contribution in [3.63, 3.8) is 0 Å². The lowest BCUT2D eigenvalue weighted by atomic mass is 10.1. The lowest BCUT2D eigenvalue weighted by Gasteiger charge is -2.36. The lowest BCUT2D eigenvalue weighted by molar-refractivity contribution is 0.0741. The van der Waals surface area contributed by atoms with Gasteiger partial charge in [0.05, 0.1) is 25.5 Å². The molecule has 1 unspecified atom stereocenters. The molecule has 10 heteroatoms. The van der Waals surface area contributed by atoms with Crippen LogP contribution in [-0.4, -0.2) is 76.6 Å². The van der Waals surface area contributed by atoms with Gasteiger partial charge in [0.25, 0.3) is 5.91 Å². The summed E-state index contributed by atoms with van der Waals surface area (Å²) >= 11 is 1.50. The maximum atomic E-state index is 15.3. The van der Waals surface area contributed by atoms with Crippen LogP contribution in [0, 0.1) is 5.82 Å². The number of ether oxygens (including phenoxy) is 1. The summed E-state index contributed by atoms with van der Waals surface area (Å²) in [4.78, 5) is 23.6. The van der Waals surface area contributed by atoms with Crippen LogP contribution in [0.25, 0.3) is 0 Å². The van der Waals surface area contributed by atoms with E-state index in [0.29, 0.717) is 62.9 Å². The Kier molecular flexibility index (Phi) is 6.43. The Hall–Kier alpha value is -2.01. The summed E-state index contributed by atoms with van der Waals surface area (Å²) in [6.07, 6.45) is 0. The highest BCUT2D eigenvalue weighted by Crippen LogP contribution is 2.62. The smallest absolute Gasteiger partial charge is 0.273 e. The number of benzene rings is 1. The second kappa shape index (κ2) is 9.22. The van der Waals surface area contributed by atoms with Crippen molar-refractivity contribution in [2.45, 2.75) is 38.1 Å². The minimum atomic E-state index is -1.70. The van der Waals surface area contributed by atoms with Gasteiger partial charge < -0.3 is 23.9 Å². The standard InChI is InChI=1S/C24H33FN4O3SSi/c1-24(2)17-34(24,3)32-15-18-5-4-6-20(21(18)25)27-7-9-28(10-8-27)22(30)19-16-33-23(26-19)29-11-13-31-14-12-29/h4-6,16H,7-15,17H2,1-3H3. The monoisotopic (exact) mass is 504 g/mol. The molecule has 1 aromatic heterocycles. The normalized spacial score (nSPS) is 24.4. The molecule has 0 saturated carbocycles. The lowest BCUT2D eigenvalue weighted by Crippen LogP contribution is -2.49. The van der Waals surface area contributed by atoms with Gasteiger partial charge in [0.15, 0.2) is 19.3 Å². The summed E-state index contributed by atoms with van der Waals surface area (Å²) in [7, 11) is -1.70. The van der Waals surface area contributed by atoms with Gasteiger partial charge in [0, 0.05) is 50.2 Å². The van der Waals surface area contributed by atoms with E-state index in [1.54, 1.807) is 0 Å². The zero-order valence-electron chi connectivity index (χ0n) is 20.2. The number of nitrogens with zero attached hydrogens (tertiary/aromatic N) is 4. The molecule has 1 atom stereocenters. The summed E-state index contributed by atoms with van der Waals surface area (Å²) in [6.45, 7) is 12.3. The molecule has 5 rings (SSSR count). The van der Waals surface area contributed by atoms with Gasteiger partial charge in [-0.05, 0) is 23.7 Å². The Labute approximate surface area is 205 Å². The number of anilines is 2. The molecule has 184 valence electrons. The number of hydrogen-bond acceptors (Lipinski definition) is 7. The minimum Gasteiger partial charge on any atom is -0.412 e. The third-order valence-corrected chi connectivity index (χ3v) is 13.4. The fourth-order valence-corrected chi connectivity index (χ4v) is 8.94. The zero-order chi connectivity index (χ0) is 23.9. The molecule has 0 N–H and O–H groups in total. The van der Waals surface area contributed by atoms with Crippen LogP contribution in [0.5, 0.6) is 0 Å². The molecule has 0 spiro atoms. The molecular formula is C24H33FN4O3SSi. The van der Waals surface area contributed by atoms with E-state index in [4.69, 9.17) is 9.16 Å². The number of piperazine rings is 1. The maximum absolute atomic E-state index is 15.3. The molecule has 3 aliphatic heterocycles. The van der Waals surface area contributed by atoms with Crippen molar-refractivity contribution < 1.29 is 18.3 Å². The molecule has 1 amide bonds. The van der Waals surface area contributed by atoms with Crippen LogP contribution in [0.15, 0.2) is 23.6 Å². The maximum Gasteiger partial charge on any atom is 0.273 e. The molecule has 3 saturated heterocycles. The first kappa shape index (κ1) is 23.7. The van der Waals surface area contributed by atoms with Crippen molar-refractivity contribution in [1.29, 1.82) is 0 Å². The average molecular weight is 505 g/mol. The molecule has 0 aliphatic carbocycles. The van der Waals surface area contributed by atoms with E-state index < -0.39 is 8.32 Å². The van der Waals surface area contributed by atoms with Crippen molar-refractivity contribution in [3.05, 3.63) is 40.7 Å². The van der Waals surface area contributed by atoms with Crippen LogP contribution in [-0.2, 0) is 15.8 Å². The molecule has 3 fully saturated rings. The zero-order valence-corrected chi connectivity index (χ0v) is 22.0. The number of aromatic nitrogens is 1. The molecule has 2 aromatic rings. The second-order valence-electron chi connectivity index (χ2n) is 10.2. The number of morpholine rings is 1. The number of carbonyl (C=O) groups excluding carboxylic acids is 1. The number of hydrogen-bond donors (Lipinski definition) is 0. The predicted molar refractivity (Wildman–Crippen MR) is 135 cm³/mol. The summed E-state index contributed by atoms with van der Waals surface area (Å²) in [5.41, 5.74) is 1.70. The first-order chi connectivity index (χ1) is 16.3. The predicted octanol–water partition coefficient (Wildman–Crippen LogP) is 3.97. The summed E-state index contributed by atoms with van der Waals surface area (Å²) in [5.74, 6) is -0.253. The van der Waals surface area contributed by atoms with Crippen LogP contribution in [0.4, 0.5) is 15.2 Å². The summed E-state index contributed by atoms with van der Waals surface area (Å²) in [6, 6.07) is 6.68. The van der Waals surface area contributed by atoms with E-state index in [2.05, 4.69) is 30.3 Å². The van der Waals surface area contributed by atoms with Gasteiger partial charge in [-0.2, -0.15) is 0 Å². The topological polar surface area (TPSA) is 58.1 Å². The molecular weight excluding hydrogens is 471 g/mol. The Morgan fingerprint density at radius 3 is 2.56 bits per heavy atom. The third-order valence-electron chi connectivity index (χ3n) is 7.59. The number of rotatable bonds is 6. The molecule has 4 heterocycles. The van der Waals surface area contributed by atoms with Crippen molar-refractivity contribution in [3.8, 4) is 0 Å². The highest BCUT2D eigenvalue weighted by Gasteiger charge is 2.62. The second-order valence-corrected chi connectivity index (χ2v) is 15.5. The van der Waals surface area contributed by atoms with Crippen LogP contribution in [0.3, 0.4) is 0 Å². The van der Waals surface area contributed by atoms with Gasteiger partial charge in [0.2, 0.25) is 0 Å². The Morgan fingerprint density at radius 1 is 1.18 bits per heavy atom. The van der Waals surface area contributed by atoms with E-state index >= 15 is 4.39 Å². The molecule has 3 aliphatic rings. The summed E-state index contributed by atoms with van der Waals surface area (Å²) in [5, 5.41) is 3.00. The van der Waals surface area contributed by atoms with Crippen molar-refractivity contribution in [2.24, 2.45) is 0 Å². The average Bonchev–Trinajstić information content (AvgIpc) is 3.17. The van der Waals surface area contributed by atoms with Crippen molar-refractivity contribution >= 4 is 36.4 Å². The van der Waals surface area contributed by atoms with Crippen LogP contribution >= 0.6 is 11.3 Å². The van der Waals surface area contributed by atoms with Gasteiger partial charge in [-0.3, -0.25) is 4.79 Å². The molecule has 7 nitrogen and oxygen atoms in total. The van der Waals surface area contributed by atoms with Crippen molar-refractivity contribution in [2.75, 3.05) is 62.3 Å². The van der Waals surface area contributed by atoms with Crippen LogP contribution in [0.1, 0.15) is 29.9 Å². The molecule has 0 radical (unpaired) electrons. The number of halogens is 1. The Bertz CT molecular complexity index is 1050. The van der Waals surface area contributed by atoms with E-state index in [0.717, 1.165) is 24.3 Å². The number of carbonyl (C=O) groups is 1. The Morgan fingerprint density at radius 2 is 1.88 bits per heavy atom. The van der Waals surface area contributed by atoms with E-state index in [-0.39, 0.29) is 16.8 Å². The van der Waals surface area contributed by atoms with Crippen molar-refractivity contribution in [1.82, 2.24) is 9.88 Å². The van der Waals surface area contributed by atoms with E-state index in [9.17, 15) is 4.79 Å². The fourth-order valence-electron chi connectivity index (χ4n) is 4.78. The van der Waals surface area contributed by atoms with E-state index in [1.165, 1.54) is 11.3 Å². The molecule has 1 aromatic carbocycles. The quantitative estimate of drug-likeness (QED) is 0.555. The first-order valence-corrected chi connectivity index (χ1v) is 15.5. The molecule has 0 bridgehead atoms. The summed E-state index contributed by atoms with van der Waals surface area (Å²) < 4.78 is 27.0. The third kappa shape index (κ3) is 4.60. The van der Waals surface area contributed by atoms with Gasteiger partial charge in [-0.15, -0.1) is 11.3 Å². The first-order valence-electron chi connectivity index (χ1n) is 12.0. The van der Waals surface area contributed by atoms with Crippen LogP contribution < -0.4 is 9.80 Å². The number of amides is 1. The Balaban J connectivity index is 1.18. The van der Waals surface area contributed by atoms with Gasteiger partial charge in [-0.1, -0.05) is 26.0 Å². The van der Waals surface area contributed by atoms with E-state index in [1.807, 2.05) is 33.4 Å². The SMILES string of the molecule is CC1(C)C[Si]1(C)OCc1cccc(N2CCN(C(=O)c3csc(N4CCOCC4)n3)CC2)c1F. The largest absolute Gasteiger partial charge is 0.412 e. The highest BCUT2D eigenvalue weighted by atomic mass is 32.1. The minimum absolute atomic E-state index is 0.0525. The van der Waals surface area contributed by atoms with Gasteiger partial charge >= 0.3 is 0 Å².